The Morgan fingerprint density at radius 3 is 2.62 bits per heavy atom. The molecule has 3 N–H and O–H groups in total. The first-order valence-electron chi connectivity index (χ1n) is 9.25. The SMILES string of the molecule is COc1ccc(Cl)cc1NCCC(=O)NCc1cccc(NC(=O)CN(C)C)c1. The van der Waals surface area contributed by atoms with Gasteiger partial charge in [0.2, 0.25) is 11.8 Å². The van der Waals surface area contributed by atoms with Gasteiger partial charge in [-0.05, 0) is 50.0 Å². The summed E-state index contributed by atoms with van der Waals surface area (Å²) in [7, 11) is 5.25. The number of hydrogen-bond acceptors (Lipinski definition) is 5. The summed E-state index contributed by atoms with van der Waals surface area (Å²) in [6.07, 6.45) is 0.301. The van der Waals surface area contributed by atoms with Gasteiger partial charge in [0.05, 0.1) is 19.3 Å². The minimum atomic E-state index is -0.0845. The third-order valence-electron chi connectivity index (χ3n) is 3.99. The van der Waals surface area contributed by atoms with Crippen molar-refractivity contribution >= 4 is 34.8 Å². The number of nitrogens with zero attached hydrogens (tertiary/aromatic N) is 1. The van der Waals surface area contributed by atoms with E-state index in [9.17, 15) is 9.59 Å². The number of rotatable bonds is 10. The lowest BCUT2D eigenvalue weighted by molar-refractivity contribution is -0.121. The lowest BCUT2D eigenvalue weighted by Crippen LogP contribution is -2.27. The maximum absolute atomic E-state index is 12.1. The van der Waals surface area contributed by atoms with Gasteiger partial charge in [-0.1, -0.05) is 23.7 Å². The van der Waals surface area contributed by atoms with Crippen molar-refractivity contribution in [3.63, 3.8) is 0 Å². The number of anilines is 2. The Morgan fingerprint density at radius 1 is 1.10 bits per heavy atom. The van der Waals surface area contributed by atoms with Gasteiger partial charge in [0, 0.05) is 30.2 Å². The van der Waals surface area contributed by atoms with Gasteiger partial charge >= 0.3 is 0 Å². The normalized spacial score (nSPS) is 10.5. The van der Waals surface area contributed by atoms with Crippen LogP contribution in [0, 0.1) is 0 Å². The fraction of sp³-hybridized carbons (Fsp3) is 0.333. The molecule has 0 fully saturated rings. The Kier molecular flexibility index (Phi) is 8.76. The number of methoxy groups -OCH3 is 1. The lowest BCUT2D eigenvalue weighted by atomic mass is 10.2. The highest BCUT2D eigenvalue weighted by Gasteiger charge is 2.07. The fourth-order valence-electron chi connectivity index (χ4n) is 2.66. The molecule has 0 spiro atoms. The Bertz CT molecular complexity index is 842. The number of ether oxygens (including phenoxy) is 1. The molecule has 0 saturated carbocycles. The molecule has 0 aliphatic heterocycles. The molecule has 0 atom stereocenters. The van der Waals surface area contributed by atoms with Crippen molar-refractivity contribution in [2.75, 3.05) is 44.9 Å². The van der Waals surface area contributed by atoms with Gasteiger partial charge < -0.3 is 25.6 Å². The molecule has 2 aromatic carbocycles. The van der Waals surface area contributed by atoms with Crippen LogP contribution >= 0.6 is 11.6 Å². The summed E-state index contributed by atoms with van der Waals surface area (Å²) in [6, 6.07) is 12.7. The lowest BCUT2D eigenvalue weighted by Gasteiger charge is -2.12. The molecule has 2 aromatic rings. The van der Waals surface area contributed by atoms with E-state index < -0.39 is 0 Å². The highest BCUT2D eigenvalue weighted by molar-refractivity contribution is 6.30. The van der Waals surface area contributed by atoms with Crippen LogP contribution in [0.25, 0.3) is 0 Å². The van der Waals surface area contributed by atoms with Crippen molar-refractivity contribution < 1.29 is 14.3 Å². The molecule has 0 unspecified atom stereocenters. The maximum atomic E-state index is 12.1. The number of halogens is 1. The number of likely N-dealkylation sites (N-methyl/N-ethyl adjacent to an activating group) is 1. The van der Waals surface area contributed by atoms with E-state index in [1.165, 1.54) is 0 Å². The monoisotopic (exact) mass is 418 g/mol. The van der Waals surface area contributed by atoms with Crippen LogP contribution in [0.15, 0.2) is 42.5 Å². The van der Waals surface area contributed by atoms with Crippen LogP contribution < -0.4 is 20.7 Å². The first kappa shape index (κ1) is 22.5. The summed E-state index contributed by atoms with van der Waals surface area (Å²) < 4.78 is 5.27. The van der Waals surface area contributed by atoms with Crippen LogP contribution in [-0.4, -0.2) is 51.0 Å². The number of nitrogens with one attached hydrogen (secondary N) is 3. The van der Waals surface area contributed by atoms with Crippen molar-refractivity contribution in [3.8, 4) is 5.75 Å². The third-order valence-corrected chi connectivity index (χ3v) is 4.22. The average molecular weight is 419 g/mol. The molecular weight excluding hydrogens is 392 g/mol. The van der Waals surface area contributed by atoms with Crippen LogP contribution in [0.1, 0.15) is 12.0 Å². The van der Waals surface area contributed by atoms with Gasteiger partial charge in [-0.3, -0.25) is 9.59 Å². The quantitative estimate of drug-likeness (QED) is 0.552. The number of carbonyl (C=O) groups is 2. The smallest absolute Gasteiger partial charge is 0.238 e. The van der Waals surface area contributed by atoms with Crippen LogP contribution in [0.4, 0.5) is 11.4 Å². The van der Waals surface area contributed by atoms with Crippen molar-refractivity contribution in [1.29, 1.82) is 0 Å². The first-order chi connectivity index (χ1) is 13.9. The van der Waals surface area contributed by atoms with Gasteiger partial charge in [-0.15, -0.1) is 0 Å². The number of amides is 2. The molecule has 7 nitrogen and oxygen atoms in total. The summed E-state index contributed by atoms with van der Waals surface area (Å²) in [6.45, 7) is 1.14. The fourth-order valence-corrected chi connectivity index (χ4v) is 2.84. The summed E-state index contributed by atoms with van der Waals surface area (Å²) in [4.78, 5) is 25.8. The van der Waals surface area contributed by atoms with Crippen LogP contribution in [0.3, 0.4) is 0 Å². The zero-order valence-electron chi connectivity index (χ0n) is 16.9. The van der Waals surface area contributed by atoms with Gasteiger partial charge in [0.25, 0.3) is 0 Å². The minimum absolute atomic E-state index is 0.0828. The summed E-state index contributed by atoms with van der Waals surface area (Å²) in [5.74, 6) is 0.502. The van der Waals surface area contributed by atoms with E-state index in [0.29, 0.717) is 42.5 Å². The standard InChI is InChI=1S/C21H27ClN4O3/c1-26(2)14-21(28)25-17-6-4-5-15(11-17)13-24-20(27)9-10-23-18-12-16(22)7-8-19(18)29-3/h4-8,11-12,23H,9-10,13-14H2,1-3H3,(H,24,27)(H,25,28). The van der Waals surface area contributed by atoms with Crippen LogP contribution in [0.2, 0.25) is 5.02 Å². The summed E-state index contributed by atoms with van der Waals surface area (Å²) >= 11 is 6.00. The van der Waals surface area contributed by atoms with E-state index in [0.717, 1.165) is 11.3 Å². The van der Waals surface area contributed by atoms with E-state index in [2.05, 4.69) is 16.0 Å². The van der Waals surface area contributed by atoms with E-state index >= 15 is 0 Å². The maximum Gasteiger partial charge on any atom is 0.238 e. The highest BCUT2D eigenvalue weighted by Crippen LogP contribution is 2.27. The molecular formula is C21H27ClN4O3. The van der Waals surface area contributed by atoms with Crippen molar-refractivity contribution in [2.24, 2.45) is 0 Å². The van der Waals surface area contributed by atoms with E-state index in [-0.39, 0.29) is 11.8 Å². The second-order valence-corrected chi connectivity index (χ2v) is 7.22. The molecule has 156 valence electrons. The molecule has 0 aromatic heterocycles. The van der Waals surface area contributed by atoms with Crippen LogP contribution in [0.5, 0.6) is 5.75 Å². The molecule has 2 amide bonds. The van der Waals surface area contributed by atoms with E-state index in [1.54, 1.807) is 30.2 Å². The molecule has 0 radical (unpaired) electrons. The van der Waals surface area contributed by atoms with Gasteiger partial charge in [-0.2, -0.15) is 0 Å². The second kappa shape index (κ2) is 11.3. The predicted molar refractivity (Wildman–Crippen MR) is 117 cm³/mol. The Morgan fingerprint density at radius 2 is 1.90 bits per heavy atom. The molecule has 0 aliphatic carbocycles. The van der Waals surface area contributed by atoms with Crippen LogP contribution in [-0.2, 0) is 16.1 Å². The molecule has 0 saturated heterocycles. The van der Waals surface area contributed by atoms with Gasteiger partial charge in [-0.25, -0.2) is 0 Å². The molecule has 8 heteroatoms. The van der Waals surface area contributed by atoms with E-state index in [1.807, 2.05) is 38.4 Å². The molecule has 0 bridgehead atoms. The zero-order valence-corrected chi connectivity index (χ0v) is 17.7. The number of carbonyl (C=O) groups excluding carboxylic acids is 2. The Balaban J connectivity index is 1.78. The largest absolute Gasteiger partial charge is 0.495 e. The topological polar surface area (TPSA) is 82.7 Å². The summed E-state index contributed by atoms with van der Waals surface area (Å²) in [5, 5.41) is 9.48. The van der Waals surface area contributed by atoms with Crippen molar-refractivity contribution in [2.45, 2.75) is 13.0 Å². The molecule has 0 aliphatic rings. The van der Waals surface area contributed by atoms with Crippen molar-refractivity contribution in [1.82, 2.24) is 10.2 Å². The molecule has 2 rings (SSSR count). The molecule has 29 heavy (non-hydrogen) atoms. The Hall–Kier alpha value is -2.77. The highest BCUT2D eigenvalue weighted by atomic mass is 35.5. The number of benzene rings is 2. The van der Waals surface area contributed by atoms with Gasteiger partial charge in [0.1, 0.15) is 5.75 Å². The van der Waals surface area contributed by atoms with Crippen molar-refractivity contribution in [3.05, 3.63) is 53.1 Å². The zero-order chi connectivity index (χ0) is 21.2. The summed E-state index contributed by atoms with van der Waals surface area (Å²) in [5.41, 5.74) is 2.36. The van der Waals surface area contributed by atoms with Gasteiger partial charge in [0.15, 0.2) is 0 Å². The average Bonchev–Trinajstić information content (AvgIpc) is 2.66. The Labute approximate surface area is 176 Å². The number of hydrogen-bond donors (Lipinski definition) is 3. The van der Waals surface area contributed by atoms with E-state index in [4.69, 9.17) is 16.3 Å². The third kappa shape index (κ3) is 8.01. The predicted octanol–water partition coefficient (Wildman–Crippen LogP) is 2.97. The molecule has 0 heterocycles. The first-order valence-corrected chi connectivity index (χ1v) is 9.63. The minimum Gasteiger partial charge on any atom is -0.495 e. The second-order valence-electron chi connectivity index (χ2n) is 6.78.